The smallest absolute Gasteiger partial charge is 0.407 e. The molecule has 7 heteroatoms. The maximum atomic E-state index is 12.4. The van der Waals surface area contributed by atoms with E-state index in [-0.39, 0.29) is 31.5 Å². The first-order valence-corrected chi connectivity index (χ1v) is 10.1. The highest BCUT2D eigenvalue weighted by Crippen LogP contribution is 2.44. The van der Waals surface area contributed by atoms with Crippen molar-refractivity contribution in [2.75, 3.05) is 19.8 Å². The van der Waals surface area contributed by atoms with E-state index < -0.39 is 18.1 Å². The second-order valence-corrected chi connectivity index (χ2v) is 7.06. The number of hydrogen-bond donors (Lipinski definition) is 2. The van der Waals surface area contributed by atoms with E-state index in [0.717, 1.165) is 24.0 Å². The number of ether oxygens (including phenoxy) is 2. The lowest BCUT2D eigenvalue weighted by Gasteiger charge is -2.19. The SMILES string of the molecule is CCOC(=O)[C@H](CCCCN)NC(=O)OCC1c2ccccc2-c2ccccc21.Cl. The fraction of sp³-hybridized carbons (Fsp3) is 0.391. The monoisotopic (exact) mass is 432 g/mol. The van der Waals surface area contributed by atoms with Gasteiger partial charge in [-0.2, -0.15) is 0 Å². The molecule has 0 radical (unpaired) electrons. The Morgan fingerprint density at radius 1 is 1.00 bits per heavy atom. The van der Waals surface area contributed by atoms with Crippen LogP contribution in [0.4, 0.5) is 4.79 Å². The highest BCUT2D eigenvalue weighted by molar-refractivity contribution is 5.85. The number of esters is 1. The van der Waals surface area contributed by atoms with Gasteiger partial charge in [-0.05, 0) is 55.0 Å². The molecule has 30 heavy (non-hydrogen) atoms. The standard InChI is InChI=1S/C23H28N2O4.ClH/c1-2-28-22(26)21(13-7-8-14-24)25-23(27)29-15-20-18-11-5-3-9-16(18)17-10-4-6-12-19(17)20;/h3-6,9-12,20-21H,2,7-8,13-15,24H2,1H3,(H,25,27);1H/t21-;/m0./s1. The van der Waals surface area contributed by atoms with Gasteiger partial charge in [-0.15, -0.1) is 12.4 Å². The Bertz CT molecular complexity index is 813. The van der Waals surface area contributed by atoms with Crippen molar-refractivity contribution in [3.8, 4) is 11.1 Å². The highest BCUT2D eigenvalue weighted by Gasteiger charge is 2.29. The minimum absolute atomic E-state index is 0. The van der Waals surface area contributed by atoms with E-state index in [9.17, 15) is 9.59 Å². The summed E-state index contributed by atoms with van der Waals surface area (Å²) in [6.07, 6.45) is 1.37. The van der Waals surface area contributed by atoms with Gasteiger partial charge in [0.2, 0.25) is 0 Å². The molecule has 0 aromatic heterocycles. The normalized spacial score (nSPS) is 12.9. The van der Waals surface area contributed by atoms with Crippen LogP contribution in [0, 0.1) is 0 Å². The summed E-state index contributed by atoms with van der Waals surface area (Å²) >= 11 is 0. The minimum atomic E-state index is -0.725. The van der Waals surface area contributed by atoms with Gasteiger partial charge >= 0.3 is 12.1 Å². The van der Waals surface area contributed by atoms with Crippen molar-refractivity contribution in [2.45, 2.75) is 38.1 Å². The molecule has 0 saturated carbocycles. The van der Waals surface area contributed by atoms with E-state index in [0.29, 0.717) is 13.0 Å². The van der Waals surface area contributed by atoms with Crippen LogP contribution in [0.3, 0.4) is 0 Å². The average molecular weight is 433 g/mol. The van der Waals surface area contributed by atoms with Crippen LogP contribution >= 0.6 is 12.4 Å². The third-order valence-electron chi connectivity index (χ3n) is 5.15. The molecule has 3 N–H and O–H groups in total. The van der Waals surface area contributed by atoms with Crippen LogP contribution in [0.25, 0.3) is 11.1 Å². The second-order valence-electron chi connectivity index (χ2n) is 7.06. The summed E-state index contributed by atoms with van der Waals surface area (Å²) in [6.45, 7) is 2.75. The topological polar surface area (TPSA) is 90.6 Å². The van der Waals surface area contributed by atoms with E-state index in [1.165, 1.54) is 11.1 Å². The van der Waals surface area contributed by atoms with Crippen LogP contribution < -0.4 is 11.1 Å². The Hall–Kier alpha value is -2.57. The Labute approximate surface area is 183 Å². The molecule has 1 aliphatic carbocycles. The first-order valence-electron chi connectivity index (χ1n) is 10.1. The summed E-state index contributed by atoms with van der Waals surface area (Å²) in [6, 6.07) is 15.6. The number of amides is 1. The fourth-order valence-electron chi connectivity index (χ4n) is 3.77. The van der Waals surface area contributed by atoms with Gasteiger partial charge in [0.05, 0.1) is 6.61 Å². The summed E-state index contributed by atoms with van der Waals surface area (Å²) in [5.74, 6) is -0.468. The fourth-order valence-corrected chi connectivity index (χ4v) is 3.77. The molecule has 0 aliphatic heterocycles. The number of carbonyl (C=O) groups is 2. The largest absolute Gasteiger partial charge is 0.464 e. The molecule has 0 saturated heterocycles. The zero-order valence-electron chi connectivity index (χ0n) is 17.1. The highest BCUT2D eigenvalue weighted by atomic mass is 35.5. The van der Waals surface area contributed by atoms with Crippen LogP contribution in [-0.4, -0.2) is 37.9 Å². The Kier molecular flexibility index (Phi) is 9.15. The number of benzene rings is 2. The predicted octanol–water partition coefficient (Wildman–Crippen LogP) is 4.01. The van der Waals surface area contributed by atoms with Crippen molar-refractivity contribution in [1.29, 1.82) is 0 Å². The molecule has 6 nitrogen and oxygen atoms in total. The Morgan fingerprint density at radius 2 is 1.60 bits per heavy atom. The zero-order chi connectivity index (χ0) is 20.6. The van der Waals surface area contributed by atoms with E-state index in [4.69, 9.17) is 15.2 Å². The third-order valence-corrected chi connectivity index (χ3v) is 5.15. The molecule has 0 spiro atoms. The summed E-state index contributed by atoms with van der Waals surface area (Å²) in [4.78, 5) is 24.5. The maximum Gasteiger partial charge on any atom is 0.407 e. The number of rotatable bonds is 9. The van der Waals surface area contributed by atoms with E-state index in [2.05, 4.69) is 29.6 Å². The quantitative estimate of drug-likeness (QED) is 0.461. The average Bonchev–Trinajstić information content (AvgIpc) is 3.06. The van der Waals surface area contributed by atoms with Gasteiger partial charge in [0.25, 0.3) is 0 Å². The number of nitrogens with one attached hydrogen (secondary N) is 1. The summed E-state index contributed by atoms with van der Waals surface area (Å²) < 4.78 is 10.6. The molecule has 2 aromatic rings. The van der Waals surface area contributed by atoms with E-state index in [1.54, 1.807) is 6.92 Å². The number of carbonyl (C=O) groups excluding carboxylic acids is 2. The van der Waals surface area contributed by atoms with Crippen LogP contribution in [0.15, 0.2) is 48.5 Å². The van der Waals surface area contributed by atoms with E-state index in [1.807, 2.05) is 24.3 Å². The van der Waals surface area contributed by atoms with Crippen LogP contribution in [0.1, 0.15) is 43.2 Å². The first kappa shape index (κ1) is 23.7. The third kappa shape index (κ3) is 5.52. The molecule has 1 amide bonds. The number of halogens is 1. The molecule has 162 valence electrons. The van der Waals surface area contributed by atoms with Crippen LogP contribution in [-0.2, 0) is 14.3 Å². The van der Waals surface area contributed by atoms with Crippen LogP contribution in [0.2, 0.25) is 0 Å². The summed E-state index contributed by atoms with van der Waals surface area (Å²) in [5.41, 5.74) is 10.1. The minimum Gasteiger partial charge on any atom is -0.464 e. The maximum absolute atomic E-state index is 12.4. The summed E-state index contributed by atoms with van der Waals surface area (Å²) in [7, 11) is 0. The molecular weight excluding hydrogens is 404 g/mol. The molecule has 0 bridgehead atoms. The lowest BCUT2D eigenvalue weighted by molar-refractivity contribution is -0.145. The van der Waals surface area contributed by atoms with Gasteiger partial charge in [0.15, 0.2) is 0 Å². The number of hydrogen-bond acceptors (Lipinski definition) is 5. The number of nitrogens with two attached hydrogens (primary N) is 1. The molecule has 1 atom stereocenters. The van der Waals surface area contributed by atoms with Crippen LogP contribution in [0.5, 0.6) is 0 Å². The number of unbranched alkanes of at least 4 members (excludes halogenated alkanes) is 1. The van der Waals surface area contributed by atoms with Crippen molar-refractivity contribution >= 4 is 24.5 Å². The molecule has 1 aliphatic rings. The van der Waals surface area contributed by atoms with Crippen molar-refractivity contribution in [3.63, 3.8) is 0 Å². The van der Waals surface area contributed by atoms with Crippen molar-refractivity contribution in [2.24, 2.45) is 5.73 Å². The second kappa shape index (κ2) is 11.6. The lowest BCUT2D eigenvalue weighted by Crippen LogP contribution is -2.42. The van der Waals surface area contributed by atoms with Gasteiger partial charge in [0.1, 0.15) is 12.6 Å². The molecule has 0 fully saturated rings. The Morgan fingerprint density at radius 3 is 2.17 bits per heavy atom. The van der Waals surface area contributed by atoms with Gasteiger partial charge in [-0.1, -0.05) is 48.5 Å². The number of alkyl carbamates (subject to hydrolysis) is 1. The van der Waals surface area contributed by atoms with Gasteiger partial charge < -0.3 is 20.5 Å². The molecular formula is C23H29ClN2O4. The number of fused-ring (bicyclic) bond motifs is 3. The zero-order valence-corrected chi connectivity index (χ0v) is 18.0. The van der Waals surface area contributed by atoms with Crippen molar-refractivity contribution < 1.29 is 19.1 Å². The van der Waals surface area contributed by atoms with Gasteiger partial charge in [0, 0.05) is 5.92 Å². The van der Waals surface area contributed by atoms with Gasteiger partial charge in [-0.3, -0.25) is 0 Å². The van der Waals surface area contributed by atoms with Crippen molar-refractivity contribution in [1.82, 2.24) is 5.32 Å². The van der Waals surface area contributed by atoms with Crippen molar-refractivity contribution in [3.05, 3.63) is 59.7 Å². The van der Waals surface area contributed by atoms with E-state index >= 15 is 0 Å². The van der Waals surface area contributed by atoms with Gasteiger partial charge in [-0.25, -0.2) is 9.59 Å². The Balaban J connectivity index is 0.00000320. The first-order chi connectivity index (χ1) is 14.2. The summed E-state index contributed by atoms with van der Waals surface area (Å²) in [5, 5.41) is 2.66. The lowest BCUT2D eigenvalue weighted by atomic mass is 9.98. The molecule has 2 aromatic carbocycles. The molecule has 0 unspecified atom stereocenters. The molecule has 3 rings (SSSR count). The predicted molar refractivity (Wildman–Crippen MR) is 119 cm³/mol. The molecule has 0 heterocycles.